The van der Waals surface area contributed by atoms with Crippen LogP contribution in [0.4, 0.5) is 0 Å². The first kappa shape index (κ1) is 15.9. The smallest absolute Gasteiger partial charge is 0.229 e. The largest absolute Gasteiger partial charge is 0.375 e. The van der Waals surface area contributed by atoms with Gasteiger partial charge in [-0.2, -0.15) is 4.98 Å². The fraction of sp³-hybridized carbons (Fsp3) is 0.875. The molecule has 0 aromatic carbocycles. The first-order chi connectivity index (χ1) is 10.8. The summed E-state index contributed by atoms with van der Waals surface area (Å²) in [7, 11) is 0. The lowest BCUT2D eigenvalue weighted by Gasteiger charge is -2.31. The molecule has 1 atom stereocenters. The third-order valence-corrected chi connectivity index (χ3v) is 4.64. The molecule has 0 aliphatic carbocycles. The Labute approximate surface area is 132 Å². The Morgan fingerprint density at radius 3 is 2.86 bits per heavy atom. The molecular weight excluding hydrogens is 280 g/mol. The van der Waals surface area contributed by atoms with Crippen LogP contribution in [0, 0.1) is 5.92 Å². The SMILES string of the molecule is CCCN1CCC(Cc2noc(CC3CNCCO3)n2)CC1. The first-order valence-electron chi connectivity index (χ1n) is 8.69. The lowest BCUT2D eigenvalue weighted by molar-refractivity contribution is 0.0246. The van der Waals surface area contributed by atoms with Crippen molar-refractivity contribution in [3.63, 3.8) is 0 Å². The molecule has 1 aromatic rings. The van der Waals surface area contributed by atoms with Crippen LogP contribution in [0.3, 0.4) is 0 Å². The van der Waals surface area contributed by atoms with Crippen molar-refractivity contribution >= 4 is 0 Å². The van der Waals surface area contributed by atoms with Crippen LogP contribution < -0.4 is 5.32 Å². The number of ether oxygens (including phenoxy) is 1. The highest BCUT2D eigenvalue weighted by atomic mass is 16.5. The summed E-state index contributed by atoms with van der Waals surface area (Å²) < 4.78 is 11.1. The van der Waals surface area contributed by atoms with Gasteiger partial charge in [0.15, 0.2) is 5.82 Å². The number of nitrogens with zero attached hydrogens (tertiary/aromatic N) is 3. The zero-order valence-corrected chi connectivity index (χ0v) is 13.6. The minimum atomic E-state index is 0.166. The summed E-state index contributed by atoms with van der Waals surface area (Å²) in [5.74, 6) is 2.28. The van der Waals surface area contributed by atoms with Crippen LogP contribution in [0.25, 0.3) is 0 Å². The van der Waals surface area contributed by atoms with E-state index in [1.165, 1.54) is 38.9 Å². The monoisotopic (exact) mass is 308 g/mol. The van der Waals surface area contributed by atoms with Gasteiger partial charge in [-0.15, -0.1) is 0 Å². The van der Waals surface area contributed by atoms with Crippen molar-refractivity contribution in [2.45, 2.75) is 45.1 Å². The number of likely N-dealkylation sites (tertiary alicyclic amines) is 1. The van der Waals surface area contributed by atoms with Crippen LogP contribution >= 0.6 is 0 Å². The van der Waals surface area contributed by atoms with Crippen LogP contribution in [-0.2, 0) is 17.6 Å². The molecule has 0 radical (unpaired) electrons. The molecule has 2 saturated heterocycles. The molecule has 1 N–H and O–H groups in total. The topological polar surface area (TPSA) is 63.4 Å². The Morgan fingerprint density at radius 2 is 2.14 bits per heavy atom. The summed E-state index contributed by atoms with van der Waals surface area (Å²) in [6.07, 6.45) is 5.58. The Bertz CT molecular complexity index is 437. The number of rotatable bonds is 6. The maximum absolute atomic E-state index is 5.68. The van der Waals surface area contributed by atoms with E-state index in [2.05, 4.69) is 27.3 Å². The van der Waals surface area contributed by atoms with Gasteiger partial charge in [0.1, 0.15) is 0 Å². The molecule has 124 valence electrons. The molecule has 1 aromatic heterocycles. The fourth-order valence-electron chi connectivity index (χ4n) is 3.39. The third-order valence-electron chi connectivity index (χ3n) is 4.64. The quantitative estimate of drug-likeness (QED) is 0.854. The van der Waals surface area contributed by atoms with E-state index in [1.54, 1.807) is 0 Å². The van der Waals surface area contributed by atoms with E-state index in [1.807, 2.05) is 0 Å². The molecule has 2 fully saturated rings. The van der Waals surface area contributed by atoms with Gasteiger partial charge < -0.3 is 19.5 Å². The van der Waals surface area contributed by atoms with Crippen molar-refractivity contribution in [2.24, 2.45) is 5.92 Å². The second-order valence-corrected chi connectivity index (χ2v) is 6.49. The van der Waals surface area contributed by atoms with Crippen LogP contribution in [0.15, 0.2) is 4.52 Å². The highest BCUT2D eigenvalue weighted by Crippen LogP contribution is 2.21. The normalized spacial score (nSPS) is 24.7. The number of aromatic nitrogens is 2. The first-order valence-corrected chi connectivity index (χ1v) is 8.69. The second-order valence-electron chi connectivity index (χ2n) is 6.49. The van der Waals surface area contributed by atoms with E-state index in [4.69, 9.17) is 9.26 Å². The van der Waals surface area contributed by atoms with Crippen molar-refractivity contribution in [3.05, 3.63) is 11.7 Å². The Balaban J connectivity index is 1.43. The molecule has 1 unspecified atom stereocenters. The lowest BCUT2D eigenvalue weighted by Crippen LogP contribution is -2.39. The van der Waals surface area contributed by atoms with Crippen LogP contribution in [0.2, 0.25) is 0 Å². The third kappa shape index (κ3) is 4.51. The molecule has 6 heteroatoms. The van der Waals surface area contributed by atoms with Crippen molar-refractivity contribution < 1.29 is 9.26 Å². The van der Waals surface area contributed by atoms with Gasteiger partial charge in [0.2, 0.25) is 5.89 Å². The number of morpholine rings is 1. The highest BCUT2D eigenvalue weighted by Gasteiger charge is 2.22. The van der Waals surface area contributed by atoms with Crippen molar-refractivity contribution in [1.82, 2.24) is 20.4 Å². The molecule has 2 aliphatic rings. The maximum atomic E-state index is 5.68. The van der Waals surface area contributed by atoms with Crippen molar-refractivity contribution in [3.8, 4) is 0 Å². The lowest BCUT2D eigenvalue weighted by atomic mass is 9.93. The van der Waals surface area contributed by atoms with E-state index in [0.717, 1.165) is 38.4 Å². The molecule has 0 saturated carbocycles. The Hall–Kier alpha value is -0.980. The van der Waals surface area contributed by atoms with Gasteiger partial charge >= 0.3 is 0 Å². The summed E-state index contributed by atoms with van der Waals surface area (Å²) in [6.45, 7) is 8.47. The van der Waals surface area contributed by atoms with Gasteiger partial charge in [0.25, 0.3) is 0 Å². The van der Waals surface area contributed by atoms with Crippen molar-refractivity contribution in [1.29, 1.82) is 0 Å². The number of hydrogen-bond acceptors (Lipinski definition) is 6. The van der Waals surface area contributed by atoms with E-state index in [0.29, 0.717) is 11.8 Å². The van der Waals surface area contributed by atoms with Gasteiger partial charge in [-0.3, -0.25) is 0 Å². The standard InChI is InChI=1S/C16H28N4O2/c1-2-6-20-7-3-13(4-8-20)10-15-18-16(22-19-15)11-14-12-17-5-9-21-14/h13-14,17H,2-12H2,1H3. The van der Waals surface area contributed by atoms with Gasteiger partial charge in [-0.1, -0.05) is 12.1 Å². The molecule has 0 spiro atoms. The summed E-state index contributed by atoms with van der Waals surface area (Å²) >= 11 is 0. The van der Waals surface area contributed by atoms with Gasteiger partial charge in [-0.05, 0) is 44.8 Å². The highest BCUT2D eigenvalue weighted by molar-refractivity contribution is 4.92. The molecule has 2 aliphatic heterocycles. The molecule has 0 bridgehead atoms. The zero-order chi connectivity index (χ0) is 15.2. The van der Waals surface area contributed by atoms with Gasteiger partial charge in [-0.25, -0.2) is 0 Å². The zero-order valence-electron chi connectivity index (χ0n) is 13.6. The Morgan fingerprint density at radius 1 is 1.27 bits per heavy atom. The molecule has 6 nitrogen and oxygen atoms in total. The minimum Gasteiger partial charge on any atom is -0.375 e. The molecule has 22 heavy (non-hydrogen) atoms. The molecule has 3 heterocycles. The summed E-state index contributed by atoms with van der Waals surface area (Å²) in [5.41, 5.74) is 0. The van der Waals surface area contributed by atoms with E-state index in [9.17, 15) is 0 Å². The molecular formula is C16H28N4O2. The van der Waals surface area contributed by atoms with Gasteiger partial charge in [0, 0.05) is 19.5 Å². The van der Waals surface area contributed by atoms with Crippen LogP contribution in [0.5, 0.6) is 0 Å². The Kier molecular flexibility index (Phi) is 5.81. The minimum absolute atomic E-state index is 0.166. The number of nitrogens with one attached hydrogen (secondary N) is 1. The fourth-order valence-corrected chi connectivity index (χ4v) is 3.39. The molecule has 0 amide bonds. The summed E-state index contributed by atoms with van der Waals surface area (Å²) in [4.78, 5) is 7.12. The predicted octanol–water partition coefficient (Wildman–Crippen LogP) is 1.27. The van der Waals surface area contributed by atoms with E-state index in [-0.39, 0.29) is 6.10 Å². The maximum Gasteiger partial charge on any atom is 0.229 e. The van der Waals surface area contributed by atoms with Crippen molar-refractivity contribution in [2.75, 3.05) is 39.3 Å². The summed E-state index contributed by atoms with van der Waals surface area (Å²) in [6, 6.07) is 0. The predicted molar refractivity (Wildman–Crippen MR) is 83.8 cm³/mol. The average Bonchev–Trinajstić information content (AvgIpc) is 2.98. The number of piperidine rings is 1. The van der Waals surface area contributed by atoms with E-state index < -0.39 is 0 Å². The average molecular weight is 308 g/mol. The van der Waals surface area contributed by atoms with Gasteiger partial charge in [0.05, 0.1) is 19.1 Å². The summed E-state index contributed by atoms with van der Waals surface area (Å²) in [5, 5.41) is 7.48. The van der Waals surface area contributed by atoms with E-state index >= 15 is 0 Å². The molecule has 3 rings (SSSR count). The van der Waals surface area contributed by atoms with Crippen LogP contribution in [-0.4, -0.2) is 60.5 Å². The van der Waals surface area contributed by atoms with Crippen LogP contribution in [0.1, 0.15) is 37.9 Å². The second kappa shape index (κ2) is 8.04. The number of hydrogen-bond donors (Lipinski definition) is 1.